The molecular formula is C16H28N2O3. The lowest BCUT2D eigenvalue weighted by molar-refractivity contribution is -0.143. The number of carboxylic acid groups (broad SMARTS) is 1. The van der Waals surface area contributed by atoms with Crippen LogP contribution in [0.25, 0.3) is 0 Å². The number of hydrogen-bond donors (Lipinski definition) is 3. The van der Waals surface area contributed by atoms with Gasteiger partial charge in [-0.25, -0.2) is 4.79 Å². The molecule has 21 heavy (non-hydrogen) atoms. The fraction of sp³-hybridized carbons (Fsp3) is 0.875. The molecule has 2 rings (SSSR count). The van der Waals surface area contributed by atoms with Crippen molar-refractivity contribution < 1.29 is 14.7 Å². The van der Waals surface area contributed by atoms with Gasteiger partial charge in [0.1, 0.15) is 0 Å². The van der Waals surface area contributed by atoms with Gasteiger partial charge in [0.2, 0.25) is 0 Å². The van der Waals surface area contributed by atoms with E-state index >= 15 is 0 Å². The molecule has 2 amide bonds. The predicted octanol–water partition coefficient (Wildman–Crippen LogP) is 2.90. The van der Waals surface area contributed by atoms with Gasteiger partial charge in [0.05, 0.1) is 5.92 Å². The van der Waals surface area contributed by atoms with Crippen LogP contribution in [-0.2, 0) is 4.79 Å². The van der Waals surface area contributed by atoms with E-state index in [9.17, 15) is 9.59 Å². The van der Waals surface area contributed by atoms with Crippen molar-refractivity contribution in [2.45, 2.75) is 77.3 Å². The Balaban J connectivity index is 1.73. The van der Waals surface area contributed by atoms with E-state index in [0.29, 0.717) is 11.8 Å². The lowest BCUT2D eigenvalue weighted by Crippen LogP contribution is -2.49. The van der Waals surface area contributed by atoms with Crippen molar-refractivity contribution in [3.63, 3.8) is 0 Å². The van der Waals surface area contributed by atoms with Crippen molar-refractivity contribution in [2.24, 2.45) is 11.3 Å². The molecule has 5 heteroatoms. The molecule has 0 aromatic heterocycles. The molecule has 0 aromatic rings. The van der Waals surface area contributed by atoms with E-state index < -0.39 is 5.97 Å². The van der Waals surface area contributed by atoms with Crippen molar-refractivity contribution >= 4 is 12.0 Å². The Morgan fingerprint density at radius 2 is 1.62 bits per heavy atom. The Hall–Kier alpha value is -1.26. The highest BCUT2D eigenvalue weighted by molar-refractivity contribution is 5.75. The van der Waals surface area contributed by atoms with Gasteiger partial charge in [0, 0.05) is 12.1 Å². The van der Waals surface area contributed by atoms with Gasteiger partial charge in [-0.15, -0.1) is 0 Å². The molecule has 0 radical (unpaired) electrons. The van der Waals surface area contributed by atoms with Gasteiger partial charge in [-0.1, -0.05) is 20.3 Å². The van der Waals surface area contributed by atoms with Gasteiger partial charge in [0.15, 0.2) is 0 Å². The second kappa shape index (κ2) is 6.67. The fourth-order valence-corrected chi connectivity index (χ4v) is 3.50. The van der Waals surface area contributed by atoms with E-state index in [2.05, 4.69) is 24.5 Å². The average molecular weight is 296 g/mol. The van der Waals surface area contributed by atoms with E-state index in [1.54, 1.807) is 0 Å². The summed E-state index contributed by atoms with van der Waals surface area (Å²) in [4.78, 5) is 23.1. The number of aliphatic carboxylic acids is 1. The first-order chi connectivity index (χ1) is 9.85. The standard InChI is InChI=1S/C16H28N2O3/c1-16(2)8-6-12(7-9-16)17-15(21)18-13-5-3-4-11(10-13)14(19)20/h11-13H,3-10H2,1-2H3,(H,19,20)(H2,17,18,21). The molecule has 0 spiro atoms. The van der Waals surface area contributed by atoms with Crippen LogP contribution in [0, 0.1) is 11.3 Å². The highest BCUT2D eigenvalue weighted by Crippen LogP contribution is 2.35. The first-order valence-corrected chi connectivity index (χ1v) is 8.15. The van der Waals surface area contributed by atoms with Crippen molar-refractivity contribution in [3.05, 3.63) is 0 Å². The molecular weight excluding hydrogens is 268 g/mol. The van der Waals surface area contributed by atoms with Gasteiger partial charge in [-0.3, -0.25) is 4.79 Å². The van der Waals surface area contributed by atoms with Gasteiger partial charge in [-0.2, -0.15) is 0 Å². The number of carbonyl (C=O) groups excluding carboxylic acids is 1. The summed E-state index contributed by atoms with van der Waals surface area (Å²) in [6, 6.07) is 0.132. The molecule has 5 nitrogen and oxygen atoms in total. The topological polar surface area (TPSA) is 78.4 Å². The second-order valence-electron chi connectivity index (χ2n) is 7.45. The Bertz CT molecular complexity index is 385. The fourth-order valence-electron chi connectivity index (χ4n) is 3.50. The number of carbonyl (C=O) groups is 2. The molecule has 2 atom stereocenters. The first-order valence-electron chi connectivity index (χ1n) is 8.15. The summed E-state index contributed by atoms with van der Waals surface area (Å²) >= 11 is 0. The van der Waals surface area contributed by atoms with Gasteiger partial charge < -0.3 is 15.7 Å². The summed E-state index contributed by atoms with van der Waals surface area (Å²) in [7, 11) is 0. The minimum Gasteiger partial charge on any atom is -0.481 e. The third-order valence-electron chi connectivity index (χ3n) is 5.03. The minimum atomic E-state index is -0.739. The summed E-state index contributed by atoms with van der Waals surface area (Å²) in [6.07, 6.45) is 7.39. The van der Waals surface area contributed by atoms with Crippen LogP contribution < -0.4 is 10.6 Å². The zero-order valence-corrected chi connectivity index (χ0v) is 13.2. The molecule has 0 aliphatic heterocycles. The Kier molecular flexibility index (Phi) is 5.12. The van der Waals surface area contributed by atoms with Crippen molar-refractivity contribution in [1.82, 2.24) is 10.6 Å². The quantitative estimate of drug-likeness (QED) is 0.749. The largest absolute Gasteiger partial charge is 0.481 e. The maximum Gasteiger partial charge on any atom is 0.315 e. The van der Waals surface area contributed by atoms with Crippen LogP contribution in [0.3, 0.4) is 0 Å². The van der Waals surface area contributed by atoms with Crippen molar-refractivity contribution in [2.75, 3.05) is 0 Å². The molecule has 0 saturated heterocycles. The predicted molar refractivity (Wildman–Crippen MR) is 81.1 cm³/mol. The molecule has 2 saturated carbocycles. The molecule has 2 aliphatic rings. The van der Waals surface area contributed by atoms with Crippen LogP contribution >= 0.6 is 0 Å². The normalized spacial score (nSPS) is 29.6. The highest BCUT2D eigenvalue weighted by atomic mass is 16.4. The van der Waals surface area contributed by atoms with Crippen LogP contribution in [0.15, 0.2) is 0 Å². The van der Waals surface area contributed by atoms with Crippen LogP contribution in [-0.4, -0.2) is 29.2 Å². The third-order valence-corrected chi connectivity index (χ3v) is 5.03. The zero-order chi connectivity index (χ0) is 15.5. The number of hydrogen-bond acceptors (Lipinski definition) is 2. The third kappa shape index (κ3) is 4.90. The monoisotopic (exact) mass is 296 g/mol. The lowest BCUT2D eigenvalue weighted by atomic mass is 9.75. The van der Waals surface area contributed by atoms with Crippen LogP contribution in [0.1, 0.15) is 65.2 Å². The number of urea groups is 1. The number of amides is 2. The Morgan fingerprint density at radius 1 is 1.00 bits per heavy atom. The van der Waals surface area contributed by atoms with Crippen LogP contribution in [0.2, 0.25) is 0 Å². The van der Waals surface area contributed by atoms with E-state index in [4.69, 9.17) is 5.11 Å². The highest BCUT2D eigenvalue weighted by Gasteiger charge is 2.30. The van der Waals surface area contributed by atoms with E-state index in [0.717, 1.165) is 44.9 Å². The Morgan fingerprint density at radius 3 is 2.24 bits per heavy atom. The molecule has 2 aliphatic carbocycles. The summed E-state index contributed by atoms with van der Waals surface area (Å²) in [5.41, 5.74) is 0.396. The molecule has 2 unspecified atom stereocenters. The second-order valence-corrected chi connectivity index (χ2v) is 7.45. The zero-order valence-electron chi connectivity index (χ0n) is 13.2. The van der Waals surface area contributed by atoms with Crippen molar-refractivity contribution in [1.29, 1.82) is 0 Å². The number of nitrogens with one attached hydrogen (secondary N) is 2. The SMILES string of the molecule is CC1(C)CCC(NC(=O)NC2CCCC(C(=O)O)C2)CC1. The number of rotatable bonds is 3. The maximum absolute atomic E-state index is 12.0. The van der Waals surface area contributed by atoms with Crippen LogP contribution in [0.4, 0.5) is 4.79 Å². The first kappa shape index (κ1) is 16.1. The number of carboxylic acids is 1. The molecule has 2 fully saturated rings. The molecule has 3 N–H and O–H groups in total. The van der Waals surface area contributed by atoms with Crippen LogP contribution in [0.5, 0.6) is 0 Å². The molecule has 0 bridgehead atoms. The van der Waals surface area contributed by atoms with E-state index in [1.807, 2.05) is 0 Å². The molecule has 0 aromatic carbocycles. The summed E-state index contributed by atoms with van der Waals surface area (Å²) in [5, 5.41) is 15.1. The van der Waals surface area contributed by atoms with Gasteiger partial charge >= 0.3 is 12.0 Å². The molecule has 0 heterocycles. The van der Waals surface area contributed by atoms with E-state index in [-0.39, 0.29) is 24.0 Å². The summed E-state index contributed by atoms with van der Waals surface area (Å²) in [6.45, 7) is 4.55. The molecule has 120 valence electrons. The maximum atomic E-state index is 12.0. The smallest absolute Gasteiger partial charge is 0.315 e. The Labute approximate surface area is 126 Å². The minimum absolute atomic E-state index is 0.000110. The van der Waals surface area contributed by atoms with E-state index in [1.165, 1.54) is 0 Å². The van der Waals surface area contributed by atoms with Gasteiger partial charge in [0.25, 0.3) is 0 Å². The van der Waals surface area contributed by atoms with Crippen molar-refractivity contribution in [3.8, 4) is 0 Å². The average Bonchev–Trinajstić information content (AvgIpc) is 2.41. The summed E-state index contributed by atoms with van der Waals surface area (Å²) in [5.74, 6) is -1.05. The lowest BCUT2D eigenvalue weighted by Gasteiger charge is -2.35. The van der Waals surface area contributed by atoms with Gasteiger partial charge in [-0.05, 0) is 50.4 Å². The summed E-state index contributed by atoms with van der Waals surface area (Å²) < 4.78 is 0.